The molecule has 0 aliphatic carbocycles. The van der Waals surface area contributed by atoms with Crippen LogP contribution in [-0.4, -0.2) is 64.1 Å². The van der Waals surface area contributed by atoms with Crippen molar-refractivity contribution >= 4 is 5.91 Å². The Balaban J connectivity index is 1.60. The molecule has 2 saturated heterocycles. The lowest BCUT2D eigenvalue weighted by atomic mass is 9.89. The van der Waals surface area contributed by atoms with Gasteiger partial charge in [-0.2, -0.15) is 0 Å². The van der Waals surface area contributed by atoms with Gasteiger partial charge in [-0.15, -0.1) is 0 Å². The molecule has 1 aromatic heterocycles. The van der Waals surface area contributed by atoms with Crippen molar-refractivity contribution in [1.29, 1.82) is 0 Å². The first-order valence-corrected chi connectivity index (χ1v) is 7.99. The van der Waals surface area contributed by atoms with Gasteiger partial charge in [-0.05, 0) is 26.7 Å². The molecule has 0 aromatic carbocycles. The summed E-state index contributed by atoms with van der Waals surface area (Å²) < 4.78 is 8.08. The number of carbonyl (C=O) groups is 1. The molecule has 2 fully saturated rings. The van der Waals surface area contributed by atoms with Gasteiger partial charge in [0.05, 0.1) is 17.8 Å². The minimum Gasteiger partial charge on any atom is -0.363 e. The fourth-order valence-corrected chi connectivity index (χ4v) is 3.44. The van der Waals surface area contributed by atoms with Crippen LogP contribution in [-0.2, 0) is 23.1 Å². The second-order valence-electron chi connectivity index (χ2n) is 6.76. The highest BCUT2D eigenvalue weighted by Crippen LogP contribution is 2.30. The number of rotatable bonds is 2. The zero-order chi connectivity index (χ0) is 15.9. The molecule has 1 amide bonds. The number of aromatic nitrogens is 2. The van der Waals surface area contributed by atoms with Crippen molar-refractivity contribution in [2.45, 2.75) is 38.8 Å². The fourth-order valence-electron chi connectivity index (χ4n) is 3.44. The molecule has 3 heterocycles. The number of likely N-dealkylation sites (N-methyl/N-ethyl adjacent to an activating group) is 1. The topological polar surface area (TPSA) is 50.6 Å². The van der Waals surface area contributed by atoms with E-state index in [-0.39, 0.29) is 18.1 Å². The second-order valence-corrected chi connectivity index (χ2v) is 6.76. The molecule has 1 aromatic rings. The van der Waals surface area contributed by atoms with Gasteiger partial charge in [0.1, 0.15) is 12.4 Å². The van der Waals surface area contributed by atoms with E-state index in [1.54, 1.807) is 0 Å². The summed E-state index contributed by atoms with van der Waals surface area (Å²) in [4.78, 5) is 20.5. The summed E-state index contributed by atoms with van der Waals surface area (Å²) in [5, 5.41) is 0. The Morgan fingerprint density at radius 1 is 1.23 bits per heavy atom. The van der Waals surface area contributed by atoms with E-state index in [1.807, 2.05) is 11.9 Å². The first-order chi connectivity index (χ1) is 10.4. The first kappa shape index (κ1) is 15.5. The van der Waals surface area contributed by atoms with E-state index in [0.717, 1.165) is 50.5 Å². The van der Waals surface area contributed by atoms with Gasteiger partial charge in [0, 0.05) is 39.4 Å². The van der Waals surface area contributed by atoms with E-state index < -0.39 is 0 Å². The molecule has 0 unspecified atom stereocenters. The van der Waals surface area contributed by atoms with Crippen molar-refractivity contribution in [3.63, 3.8) is 0 Å². The standard InChI is InChI=1S/C16H26N4O2/c1-12-13(2)19(4)14(17-12)9-20-7-5-16(6-8-20)11-18(3)15(21)10-22-16/h5-11H2,1-4H3. The molecule has 3 rings (SSSR count). The predicted octanol–water partition coefficient (Wildman–Crippen LogP) is 0.860. The SMILES string of the molecule is Cc1nc(CN2CCC3(CC2)CN(C)C(=O)CO3)n(C)c1C. The summed E-state index contributed by atoms with van der Waals surface area (Å²) in [6, 6.07) is 0. The van der Waals surface area contributed by atoms with Crippen molar-refractivity contribution in [2.75, 3.05) is 33.3 Å². The number of piperidine rings is 1. The number of hydrogen-bond donors (Lipinski definition) is 0. The third kappa shape index (κ3) is 2.77. The molecule has 122 valence electrons. The van der Waals surface area contributed by atoms with Gasteiger partial charge in [0.25, 0.3) is 0 Å². The monoisotopic (exact) mass is 306 g/mol. The van der Waals surface area contributed by atoms with Crippen LogP contribution < -0.4 is 0 Å². The highest BCUT2D eigenvalue weighted by atomic mass is 16.5. The third-order valence-electron chi connectivity index (χ3n) is 5.30. The largest absolute Gasteiger partial charge is 0.363 e. The summed E-state index contributed by atoms with van der Waals surface area (Å²) in [5.74, 6) is 1.22. The van der Waals surface area contributed by atoms with E-state index in [9.17, 15) is 4.79 Å². The number of morpholine rings is 1. The number of ether oxygens (including phenoxy) is 1. The number of aryl methyl sites for hydroxylation is 1. The van der Waals surface area contributed by atoms with Gasteiger partial charge in [-0.25, -0.2) is 4.98 Å². The van der Waals surface area contributed by atoms with Crippen molar-refractivity contribution < 1.29 is 9.53 Å². The Morgan fingerprint density at radius 3 is 2.45 bits per heavy atom. The van der Waals surface area contributed by atoms with Gasteiger partial charge in [0.15, 0.2) is 0 Å². The molecule has 2 aliphatic heterocycles. The highest BCUT2D eigenvalue weighted by molar-refractivity contribution is 5.78. The molecule has 0 saturated carbocycles. The number of carbonyl (C=O) groups excluding carboxylic acids is 1. The molecule has 6 nitrogen and oxygen atoms in total. The Kier molecular flexibility index (Phi) is 3.99. The van der Waals surface area contributed by atoms with Crippen molar-refractivity contribution in [2.24, 2.45) is 7.05 Å². The number of amides is 1. The summed E-state index contributed by atoms with van der Waals surface area (Å²) in [6.45, 7) is 8.00. The summed E-state index contributed by atoms with van der Waals surface area (Å²) in [6.07, 6.45) is 1.96. The van der Waals surface area contributed by atoms with Gasteiger partial charge in [-0.1, -0.05) is 0 Å². The van der Waals surface area contributed by atoms with Crippen molar-refractivity contribution in [1.82, 2.24) is 19.4 Å². The summed E-state index contributed by atoms with van der Waals surface area (Å²) in [5.41, 5.74) is 2.22. The smallest absolute Gasteiger partial charge is 0.248 e. The molecule has 0 bridgehead atoms. The molecule has 2 aliphatic rings. The fraction of sp³-hybridized carbons (Fsp3) is 0.750. The van der Waals surface area contributed by atoms with Crippen LogP contribution in [0.25, 0.3) is 0 Å². The molecule has 1 spiro atoms. The van der Waals surface area contributed by atoms with E-state index in [2.05, 4.69) is 35.3 Å². The lowest BCUT2D eigenvalue weighted by molar-refractivity contribution is -0.169. The minimum atomic E-state index is -0.132. The normalized spacial score (nSPS) is 22.5. The van der Waals surface area contributed by atoms with Gasteiger partial charge < -0.3 is 14.2 Å². The number of likely N-dealkylation sites (tertiary alicyclic amines) is 1. The lowest BCUT2D eigenvalue weighted by Gasteiger charge is -2.46. The molecule has 0 radical (unpaired) electrons. The first-order valence-electron chi connectivity index (χ1n) is 7.99. The molecular weight excluding hydrogens is 280 g/mol. The third-order valence-corrected chi connectivity index (χ3v) is 5.30. The Morgan fingerprint density at radius 2 is 1.91 bits per heavy atom. The number of imidazole rings is 1. The zero-order valence-electron chi connectivity index (χ0n) is 14.1. The van der Waals surface area contributed by atoms with Crippen LogP contribution in [0.4, 0.5) is 0 Å². The van der Waals surface area contributed by atoms with Gasteiger partial charge in [0.2, 0.25) is 5.91 Å². The average molecular weight is 306 g/mol. The maximum atomic E-state index is 11.6. The Hall–Kier alpha value is -1.40. The second kappa shape index (κ2) is 5.66. The van der Waals surface area contributed by atoms with Crippen LogP contribution in [0, 0.1) is 13.8 Å². The van der Waals surface area contributed by atoms with Crippen LogP contribution in [0.15, 0.2) is 0 Å². The van der Waals surface area contributed by atoms with Crippen molar-refractivity contribution in [3.8, 4) is 0 Å². The van der Waals surface area contributed by atoms with Crippen LogP contribution in [0.2, 0.25) is 0 Å². The molecule has 0 atom stereocenters. The Labute approximate surface area is 132 Å². The van der Waals surface area contributed by atoms with Gasteiger partial charge in [-0.3, -0.25) is 9.69 Å². The molecule has 6 heteroatoms. The zero-order valence-corrected chi connectivity index (χ0v) is 14.1. The lowest BCUT2D eigenvalue weighted by Crippen LogP contribution is -2.57. The molecular formula is C16H26N4O2. The molecule has 0 N–H and O–H groups in total. The minimum absolute atomic E-state index is 0.0898. The maximum absolute atomic E-state index is 11.6. The van der Waals surface area contributed by atoms with Crippen LogP contribution in [0.3, 0.4) is 0 Å². The van der Waals surface area contributed by atoms with Gasteiger partial charge >= 0.3 is 0 Å². The van der Waals surface area contributed by atoms with E-state index in [1.165, 1.54) is 5.69 Å². The Bertz CT molecular complexity index is 573. The number of hydrogen-bond acceptors (Lipinski definition) is 4. The highest BCUT2D eigenvalue weighted by Gasteiger charge is 2.41. The predicted molar refractivity (Wildman–Crippen MR) is 83.5 cm³/mol. The van der Waals surface area contributed by atoms with Crippen LogP contribution >= 0.6 is 0 Å². The van der Waals surface area contributed by atoms with Crippen LogP contribution in [0.1, 0.15) is 30.1 Å². The van der Waals surface area contributed by atoms with Crippen molar-refractivity contribution in [3.05, 3.63) is 17.2 Å². The summed E-state index contributed by atoms with van der Waals surface area (Å²) in [7, 11) is 3.96. The van der Waals surface area contributed by atoms with E-state index in [0.29, 0.717) is 0 Å². The quantitative estimate of drug-likeness (QED) is 0.813. The summed E-state index contributed by atoms with van der Waals surface area (Å²) >= 11 is 0. The maximum Gasteiger partial charge on any atom is 0.248 e. The van der Waals surface area contributed by atoms with E-state index >= 15 is 0 Å². The average Bonchev–Trinajstić information content (AvgIpc) is 2.73. The molecule has 22 heavy (non-hydrogen) atoms. The van der Waals surface area contributed by atoms with E-state index in [4.69, 9.17) is 4.74 Å². The van der Waals surface area contributed by atoms with Crippen LogP contribution in [0.5, 0.6) is 0 Å². The number of nitrogens with zero attached hydrogens (tertiary/aromatic N) is 4.